The maximum atomic E-state index is 6.21. The summed E-state index contributed by atoms with van der Waals surface area (Å²) in [5, 5.41) is 6.97. The van der Waals surface area contributed by atoms with Gasteiger partial charge in [-0.3, -0.25) is 4.98 Å². The molecule has 0 bridgehead atoms. The van der Waals surface area contributed by atoms with E-state index in [9.17, 15) is 0 Å². The quantitative estimate of drug-likeness (QED) is 0.464. The first-order valence-electron chi connectivity index (χ1n) is 9.02. The van der Waals surface area contributed by atoms with Crippen LogP contribution < -0.4 is 5.32 Å². The highest BCUT2D eigenvalue weighted by Gasteiger charge is 2.04. The molecule has 0 unspecified atom stereocenters. The van der Waals surface area contributed by atoms with Gasteiger partial charge in [0.25, 0.3) is 0 Å². The van der Waals surface area contributed by atoms with E-state index >= 15 is 0 Å². The molecule has 0 aliphatic heterocycles. The molecule has 0 fully saturated rings. The number of fused-ring (bicyclic) bond motifs is 1. The van der Waals surface area contributed by atoms with Crippen LogP contribution in [-0.2, 0) is 13.0 Å². The molecule has 2 nitrogen and oxygen atoms in total. The van der Waals surface area contributed by atoms with E-state index in [2.05, 4.69) is 53.6 Å². The summed E-state index contributed by atoms with van der Waals surface area (Å²) in [7, 11) is 0. The average molecular weight is 369 g/mol. The van der Waals surface area contributed by atoms with Crippen molar-refractivity contribution in [2.24, 2.45) is 0 Å². The fraction of sp³-hybridized carbons (Fsp3) is 0.348. The normalized spacial score (nSPS) is 11.9. The summed E-state index contributed by atoms with van der Waals surface area (Å²) >= 11 is 6.21. The summed E-state index contributed by atoms with van der Waals surface area (Å²) in [6, 6.07) is 17.3. The van der Waals surface area contributed by atoms with Gasteiger partial charge in [0.2, 0.25) is 0 Å². The van der Waals surface area contributed by atoms with Crippen LogP contribution in [0.5, 0.6) is 0 Å². The molecule has 3 rings (SSSR count). The number of nitrogens with zero attached hydrogens (tertiary/aromatic N) is 1. The standard InChI is InChI=1S/C22H25ClN2.CH4/c1-17(6-2-3-7-19-8-4-5-9-22(19)23)25-15-18-10-11-21-16-24-13-12-20(21)14-18;/h4-5,8-14,16-17,25H,2-3,6-7,15H2,1H3;1H4/t17-;/m1./s1. The molecule has 0 saturated heterocycles. The van der Waals surface area contributed by atoms with Crippen LogP contribution in [0.25, 0.3) is 10.8 Å². The molecule has 0 radical (unpaired) electrons. The van der Waals surface area contributed by atoms with Gasteiger partial charge in [0, 0.05) is 35.4 Å². The first-order valence-corrected chi connectivity index (χ1v) is 9.39. The van der Waals surface area contributed by atoms with E-state index in [0.717, 1.165) is 18.0 Å². The van der Waals surface area contributed by atoms with Crippen molar-refractivity contribution in [2.75, 3.05) is 0 Å². The Labute approximate surface area is 162 Å². The van der Waals surface area contributed by atoms with Crippen LogP contribution >= 0.6 is 11.6 Å². The molecule has 0 amide bonds. The van der Waals surface area contributed by atoms with E-state index in [1.807, 2.05) is 24.5 Å². The van der Waals surface area contributed by atoms with Crippen LogP contribution in [0.15, 0.2) is 60.9 Å². The molecule has 0 aliphatic rings. The largest absolute Gasteiger partial charge is 0.310 e. The van der Waals surface area contributed by atoms with E-state index in [0.29, 0.717) is 6.04 Å². The first-order chi connectivity index (χ1) is 12.2. The minimum atomic E-state index is 0. The number of pyridine rings is 1. The average Bonchev–Trinajstić information content (AvgIpc) is 2.64. The fourth-order valence-electron chi connectivity index (χ4n) is 3.10. The summed E-state index contributed by atoms with van der Waals surface area (Å²) < 4.78 is 0. The minimum absolute atomic E-state index is 0. The molecule has 0 saturated carbocycles. The number of rotatable bonds is 8. The van der Waals surface area contributed by atoms with E-state index in [4.69, 9.17) is 11.6 Å². The Hall–Kier alpha value is -1.90. The molecule has 1 heterocycles. The van der Waals surface area contributed by atoms with Crippen molar-refractivity contribution < 1.29 is 0 Å². The number of unbranched alkanes of at least 4 members (excludes halogenated alkanes) is 1. The van der Waals surface area contributed by atoms with Gasteiger partial charge < -0.3 is 5.32 Å². The predicted octanol–water partition coefficient (Wildman–Crippen LogP) is 6.42. The molecule has 0 aliphatic carbocycles. The molecule has 1 N–H and O–H groups in total. The monoisotopic (exact) mass is 368 g/mol. The number of benzene rings is 2. The number of hydrogen-bond donors (Lipinski definition) is 1. The van der Waals surface area contributed by atoms with Crippen molar-refractivity contribution in [1.29, 1.82) is 0 Å². The van der Waals surface area contributed by atoms with Gasteiger partial charge in [-0.1, -0.05) is 55.8 Å². The van der Waals surface area contributed by atoms with Crippen molar-refractivity contribution in [2.45, 2.75) is 52.6 Å². The van der Waals surface area contributed by atoms with Gasteiger partial charge in [0.1, 0.15) is 0 Å². The van der Waals surface area contributed by atoms with Crippen LogP contribution in [0.4, 0.5) is 0 Å². The zero-order chi connectivity index (χ0) is 17.5. The van der Waals surface area contributed by atoms with Gasteiger partial charge in [-0.05, 0) is 60.9 Å². The summed E-state index contributed by atoms with van der Waals surface area (Å²) in [5.41, 5.74) is 2.58. The molecule has 3 heteroatoms. The van der Waals surface area contributed by atoms with Crippen molar-refractivity contribution in [3.05, 3.63) is 77.1 Å². The molecule has 1 aromatic heterocycles. The van der Waals surface area contributed by atoms with Gasteiger partial charge in [-0.25, -0.2) is 0 Å². The van der Waals surface area contributed by atoms with E-state index in [-0.39, 0.29) is 7.43 Å². The lowest BCUT2D eigenvalue weighted by Gasteiger charge is -2.14. The van der Waals surface area contributed by atoms with Gasteiger partial charge in [-0.15, -0.1) is 0 Å². The molecule has 3 aromatic rings. The first kappa shape index (κ1) is 20.4. The lowest BCUT2D eigenvalue weighted by Crippen LogP contribution is -2.25. The smallest absolute Gasteiger partial charge is 0.0437 e. The third-order valence-electron chi connectivity index (χ3n) is 4.65. The maximum Gasteiger partial charge on any atom is 0.0437 e. The van der Waals surface area contributed by atoms with Crippen LogP contribution in [-0.4, -0.2) is 11.0 Å². The number of hydrogen-bond acceptors (Lipinski definition) is 2. The summed E-state index contributed by atoms with van der Waals surface area (Å²) in [6.07, 6.45) is 8.39. The van der Waals surface area contributed by atoms with Gasteiger partial charge in [0.15, 0.2) is 0 Å². The number of nitrogens with one attached hydrogen (secondary N) is 1. The Morgan fingerprint density at radius 1 is 1.04 bits per heavy atom. The second kappa shape index (κ2) is 10.3. The van der Waals surface area contributed by atoms with Crippen LogP contribution in [0.2, 0.25) is 5.02 Å². The molecule has 138 valence electrons. The Balaban J connectivity index is 0.00000243. The molecule has 26 heavy (non-hydrogen) atoms. The van der Waals surface area contributed by atoms with Crippen molar-refractivity contribution in [3.63, 3.8) is 0 Å². The maximum absolute atomic E-state index is 6.21. The van der Waals surface area contributed by atoms with E-state index in [1.54, 1.807) is 0 Å². The molecule has 0 spiro atoms. The topological polar surface area (TPSA) is 24.9 Å². The van der Waals surface area contributed by atoms with Crippen molar-refractivity contribution >= 4 is 22.4 Å². The van der Waals surface area contributed by atoms with Crippen molar-refractivity contribution in [1.82, 2.24) is 10.3 Å². The number of aryl methyl sites for hydroxylation is 1. The minimum Gasteiger partial charge on any atom is -0.310 e. The highest BCUT2D eigenvalue weighted by molar-refractivity contribution is 6.31. The summed E-state index contributed by atoms with van der Waals surface area (Å²) in [4.78, 5) is 4.16. The zero-order valence-electron chi connectivity index (χ0n) is 14.7. The zero-order valence-corrected chi connectivity index (χ0v) is 15.5. The lowest BCUT2D eigenvalue weighted by molar-refractivity contribution is 0.489. The van der Waals surface area contributed by atoms with Crippen LogP contribution in [0.3, 0.4) is 0 Å². The Bertz CT molecular complexity index is 816. The number of halogens is 1. The molecule has 2 aromatic carbocycles. The third-order valence-corrected chi connectivity index (χ3v) is 5.02. The highest BCUT2D eigenvalue weighted by Crippen LogP contribution is 2.18. The summed E-state index contributed by atoms with van der Waals surface area (Å²) in [5.74, 6) is 0. The molecule has 1 atom stereocenters. The molecular weight excluding hydrogens is 340 g/mol. The second-order valence-corrected chi connectivity index (χ2v) is 7.08. The van der Waals surface area contributed by atoms with Gasteiger partial charge in [0.05, 0.1) is 0 Å². The van der Waals surface area contributed by atoms with E-state index in [1.165, 1.54) is 41.2 Å². The predicted molar refractivity (Wildman–Crippen MR) is 114 cm³/mol. The highest BCUT2D eigenvalue weighted by atomic mass is 35.5. The van der Waals surface area contributed by atoms with E-state index < -0.39 is 0 Å². The SMILES string of the molecule is C.C[C@H](CCCCc1ccccc1Cl)NCc1ccc2cnccc2c1. The van der Waals surface area contributed by atoms with Gasteiger partial charge in [-0.2, -0.15) is 0 Å². The summed E-state index contributed by atoms with van der Waals surface area (Å²) in [6.45, 7) is 3.17. The number of aromatic nitrogens is 1. The van der Waals surface area contributed by atoms with Crippen LogP contribution in [0.1, 0.15) is 44.7 Å². The van der Waals surface area contributed by atoms with Crippen molar-refractivity contribution in [3.8, 4) is 0 Å². The fourth-order valence-corrected chi connectivity index (χ4v) is 3.33. The lowest BCUT2D eigenvalue weighted by atomic mass is 10.0. The van der Waals surface area contributed by atoms with Gasteiger partial charge >= 0.3 is 0 Å². The Morgan fingerprint density at radius 3 is 2.73 bits per heavy atom. The molecular formula is C23H29ClN2. The Morgan fingerprint density at radius 2 is 1.88 bits per heavy atom. The second-order valence-electron chi connectivity index (χ2n) is 6.68. The van der Waals surface area contributed by atoms with Crippen LogP contribution in [0, 0.1) is 0 Å². The Kier molecular flexibility index (Phi) is 8.08. The third kappa shape index (κ3) is 5.82.